The van der Waals surface area contributed by atoms with Crippen LogP contribution in [0.1, 0.15) is 32.8 Å². The van der Waals surface area contributed by atoms with Crippen molar-refractivity contribution in [1.82, 2.24) is 5.32 Å². The van der Waals surface area contributed by atoms with E-state index in [1.807, 2.05) is 0 Å². The molecule has 0 radical (unpaired) electrons. The van der Waals surface area contributed by atoms with E-state index in [9.17, 15) is 18.8 Å². The van der Waals surface area contributed by atoms with Gasteiger partial charge >= 0.3 is 11.9 Å². The maximum atomic E-state index is 12.9. The lowest BCUT2D eigenvalue weighted by molar-refractivity contribution is -0.159. The first-order valence-corrected chi connectivity index (χ1v) is 7.44. The molecule has 0 saturated carbocycles. The van der Waals surface area contributed by atoms with Crippen molar-refractivity contribution in [3.05, 3.63) is 35.6 Å². The third kappa shape index (κ3) is 7.21. The van der Waals surface area contributed by atoms with Gasteiger partial charge in [0.05, 0.1) is 20.0 Å². The molecule has 0 aromatic heterocycles. The van der Waals surface area contributed by atoms with E-state index in [4.69, 9.17) is 4.74 Å². The molecule has 132 valence electrons. The zero-order valence-electron chi connectivity index (χ0n) is 14.2. The molecule has 0 saturated heterocycles. The molecule has 0 spiro atoms. The maximum Gasteiger partial charge on any atom is 0.328 e. The van der Waals surface area contributed by atoms with Gasteiger partial charge in [0.2, 0.25) is 5.91 Å². The average Bonchev–Trinajstić information content (AvgIpc) is 2.46. The quantitative estimate of drug-likeness (QED) is 0.799. The minimum absolute atomic E-state index is 0.0535. The van der Waals surface area contributed by atoms with E-state index in [1.165, 1.54) is 24.3 Å². The van der Waals surface area contributed by atoms with Gasteiger partial charge in [0, 0.05) is 0 Å². The summed E-state index contributed by atoms with van der Waals surface area (Å²) in [4.78, 5) is 35.6. The summed E-state index contributed by atoms with van der Waals surface area (Å²) in [6, 6.07) is 4.27. The molecule has 7 heteroatoms. The number of nitrogens with one attached hydrogen (secondary N) is 1. The summed E-state index contributed by atoms with van der Waals surface area (Å²) < 4.78 is 22.6. The number of halogens is 1. The molecule has 0 bridgehead atoms. The Bertz CT molecular complexity index is 592. The predicted molar refractivity (Wildman–Crippen MR) is 84.5 cm³/mol. The molecule has 1 atom stereocenters. The monoisotopic (exact) mass is 339 g/mol. The Morgan fingerprint density at radius 2 is 1.75 bits per heavy atom. The molecular weight excluding hydrogens is 317 g/mol. The van der Waals surface area contributed by atoms with Crippen molar-refractivity contribution in [3.63, 3.8) is 0 Å². The SMILES string of the molecule is COC(=O)[C@H](CC(=O)OC(C)(C)C)NC(=O)Cc1ccc(F)cc1. The van der Waals surface area contributed by atoms with E-state index in [1.54, 1.807) is 20.8 Å². The molecule has 0 aliphatic heterocycles. The third-order valence-corrected chi connectivity index (χ3v) is 2.89. The number of carbonyl (C=O) groups is 3. The van der Waals surface area contributed by atoms with Crippen molar-refractivity contribution < 1.29 is 28.2 Å². The van der Waals surface area contributed by atoms with Gasteiger partial charge in [-0.3, -0.25) is 9.59 Å². The highest BCUT2D eigenvalue weighted by Gasteiger charge is 2.27. The van der Waals surface area contributed by atoms with Crippen LogP contribution in [0.5, 0.6) is 0 Å². The molecule has 0 aliphatic carbocycles. The lowest BCUT2D eigenvalue weighted by Gasteiger charge is -2.22. The van der Waals surface area contributed by atoms with Crippen LogP contribution in [0.25, 0.3) is 0 Å². The minimum atomic E-state index is -1.14. The number of carbonyl (C=O) groups excluding carboxylic acids is 3. The molecule has 24 heavy (non-hydrogen) atoms. The molecule has 1 N–H and O–H groups in total. The topological polar surface area (TPSA) is 81.7 Å². The van der Waals surface area contributed by atoms with E-state index < -0.39 is 35.3 Å². The molecule has 0 aliphatic rings. The van der Waals surface area contributed by atoms with Crippen molar-refractivity contribution in [3.8, 4) is 0 Å². The molecule has 6 nitrogen and oxygen atoms in total. The highest BCUT2D eigenvalue weighted by molar-refractivity contribution is 5.88. The summed E-state index contributed by atoms with van der Waals surface area (Å²) in [5.41, 5.74) is -0.120. The largest absolute Gasteiger partial charge is 0.467 e. The van der Waals surface area contributed by atoms with Crippen LogP contribution in [0.4, 0.5) is 4.39 Å². The summed E-state index contributed by atoms with van der Waals surface area (Å²) in [6.07, 6.45) is -0.388. The summed E-state index contributed by atoms with van der Waals surface area (Å²) >= 11 is 0. The first-order valence-electron chi connectivity index (χ1n) is 7.44. The summed E-state index contributed by atoms with van der Waals surface area (Å²) in [5.74, 6) is -2.26. The fourth-order valence-corrected chi connectivity index (χ4v) is 1.92. The number of amides is 1. The minimum Gasteiger partial charge on any atom is -0.467 e. The maximum absolute atomic E-state index is 12.9. The van der Waals surface area contributed by atoms with Crippen molar-refractivity contribution in [2.24, 2.45) is 0 Å². The van der Waals surface area contributed by atoms with Gasteiger partial charge in [-0.15, -0.1) is 0 Å². The van der Waals surface area contributed by atoms with Gasteiger partial charge < -0.3 is 14.8 Å². The van der Waals surface area contributed by atoms with Gasteiger partial charge in [0.25, 0.3) is 0 Å². The van der Waals surface area contributed by atoms with E-state index in [0.29, 0.717) is 5.56 Å². The fraction of sp³-hybridized carbons (Fsp3) is 0.471. The van der Waals surface area contributed by atoms with Gasteiger partial charge in [-0.1, -0.05) is 12.1 Å². The fourth-order valence-electron chi connectivity index (χ4n) is 1.92. The van der Waals surface area contributed by atoms with Gasteiger partial charge in [-0.2, -0.15) is 0 Å². The summed E-state index contributed by atoms with van der Waals surface area (Å²) in [6.45, 7) is 5.10. The van der Waals surface area contributed by atoms with Gasteiger partial charge in [-0.25, -0.2) is 9.18 Å². The smallest absolute Gasteiger partial charge is 0.328 e. The number of benzene rings is 1. The lowest BCUT2D eigenvalue weighted by Crippen LogP contribution is -2.44. The van der Waals surface area contributed by atoms with Crippen LogP contribution in [0.2, 0.25) is 0 Å². The van der Waals surface area contributed by atoms with E-state index >= 15 is 0 Å². The van der Waals surface area contributed by atoms with Gasteiger partial charge in [-0.05, 0) is 38.5 Å². The van der Waals surface area contributed by atoms with E-state index in [-0.39, 0.29) is 12.8 Å². The third-order valence-electron chi connectivity index (χ3n) is 2.89. The zero-order valence-corrected chi connectivity index (χ0v) is 14.2. The van der Waals surface area contributed by atoms with Crippen LogP contribution < -0.4 is 5.32 Å². The number of hydrogen-bond donors (Lipinski definition) is 1. The molecule has 1 aromatic carbocycles. The Hall–Kier alpha value is -2.44. The Morgan fingerprint density at radius 1 is 1.17 bits per heavy atom. The Morgan fingerprint density at radius 3 is 2.25 bits per heavy atom. The number of hydrogen-bond acceptors (Lipinski definition) is 5. The molecule has 1 aromatic rings. The van der Waals surface area contributed by atoms with Crippen LogP contribution >= 0.6 is 0 Å². The normalized spacial score (nSPS) is 12.2. The summed E-state index contributed by atoms with van der Waals surface area (Å²) in [7, 11) is 1.16. The molecule has 0 heterocycles. The predicted octanol–water partition coefficient (Wildman–Crippen LogP) is 1.76. The molecule has 0 unspecified atom stereocenters. The number of esters is 2. The van der Waals surface area contributed by atoms with Crippen molar-refractivity contribution >= 4 is 17.8 Å². The highest BCUT2D eigenvalue weighted by atomic mass is 19.1. The van der Waals surface area contributed by atoms with Crippen LogP contribution in [0.15, 0.2) is 24.3 Å². The standard InChI is InChI=1S/C17H22FNO5/c1-17(2,3)24-15(21)10-13(16(22)23-4)19-14(20)9-11-5-7-12(18)8-6-11/h5-8,13H,9-10H2,1-4H3,(H,19,20)/t13-/m0/s1. The van der Waals surface area contributed by atoms with E-state index in [0.717, 1.165) is 7.11 Å². The molecule has 1 amide bonds. The first kappa shape index (κ1) is 19.6. The van der Waals surface area contributed by atoms with Crippen LogP contribution in [0, 0.1) is 5.82 Å². The Balaban J connectivity index is 2.68. The molecular formula is C17H22FNO5. The highest BCUT2D eigenvalue weighted by Crippen LogP contribution is 2.10. The summed E-state index contributed by atoms with van der Waals surface area (Å²) in [5, 5.41) is 2.44. The van der Waals surface area contributed by atoms with Crippen LogP contribution in [-0.2, 0) is 30.3 Å². The van der Waals surface area contributed by atoms with Crippen LogP contribution in [0.3, 0.4) is 0 Å². The van der Waals surface area contributed by atoms with Crippen molar-refractivity contribution in [2.75, 3.05) is 7.11 Å². The zero-order chi connectivity index (χ0) is 18.3. The lowest BCUT2D eigenvalue weighted by atomic mass is 10.1. The Labute approximate surface area is 140 Å². The average molecular weight is 339 g/mol. The van der Waals surface area contributed by atoms with Crippen LogP contribution in [-0.4, -0.2) is 36.6 Å². The second-order valence-electron chi connectivity index (χ2n) is 6.24. The van der Waals surface area contributed by atoms with Gasteiger partial charge in [0.1, 0.15) is 17.5 Å². The number of rotatable bonds is 6. The second-order valence-corrected chi connectivity index (χ2v) is 6.24. The number of methoxy groups -OCH3 is 1. The second kappa shape index (κ2) is 8.42. The van der Waals surface area contributed by atoms with Crippen molar-refractivity contribution in [1.29, 1.82) is 0 Å². The Kier molecular flexibility index (Phi) is 6.88. The van der Waals surface area contributed by atoms with E-state index in [2.05, 4.69) is 10.1 Å². The van der Waals surface area contributed by atoms with Crippen molar-refractivity contribution in [2.45, 2.75) is 45.3 Å². The number of ether oxygens (including phenoxy) is 2. The molecule has 1 rings (SSSR count). The van der Waals surface area contributed by atoms with Gasteiger partial charge in [0.15, 0.2) is 0 Å². The first-order chi connectivity index (χ1) is 11.1. The molecule has 0 fully saturated rings.